The van der Waals surface area contributed by atoms with Gasteiger partial charge < -0.3 is 4.42 Å². The highest BCUT2D eigenvalue weighted by Crippen LogP contribution is 2.30. The molecule has 0 bridgehead atoms. The van der Waals surface area contributed by atoms with Crippen LogP contribution in [0, 0.1) is 0 Å². The first-order valence-electron chi connectivity index (χ1n) is 5.45. The maximum absolute atomic E-state index is 11.3. The van der Waals surface area contributed by atoms with Crippen molar-refractivity contribution in [3.8, 4) is 0 Å². The summed E-state index contributed by atoms with van der Waals surface area (Å²) in [5.41, 5.74) is 2.84. The summed E-state index contributed by atoms with van der Waals surface area (Å²) in [6, 6.07) is 1.49. The van der Waals surface area contributed by atoms with Gasteiger partial charge in [0, 0.05) is 18.1 Å². The van der Waals surface area contributed by atoms with Crippen LogP contribution in [0.5, 0.6) is 0 Å². The van der Waals surface area contributed by atoms with Gasteiger partial charge in [-0.25, -0.2) is 13.6 Å². The van der Waals surface area contributed by atoms with E-state index in [1.54, 1.807) is 0 Å². The first-order valence-corrected chi connectivity index (χ1v) is 7.00. The second kappa shape index (κ2) is 3.54. The summed E-state index contributed by atoms with van der Waals surface area (Å²) >= 11 is 0. The highest BCUT2D eigenvalue weighted by Gasteiger charge is 2.26. The van der Waals surface area contributed by atoms with Gasteiger partial charge in [0.1, 0.15) is 5.76 Å². The van der Waals surface area contributed by atoms with Gasteiger partial charge in [-0.3, -0.25) is 4.99 Å². The first kappa shape index (κ1) is 10.7. The lowest BCUT2D eigenvalue weighted by Crippen LogP contribution is -2.11. The van der Waals surface area contributed by atoms with E-state index in [1.165, 1.54) is 11.6 Å². The van der Waals surface area contributed by atoms with Gasteiger partial charge in [0.05, 0.1) is 12.3 Å². The minimum atomic E-state index is -3.78. The van der Waals surface area contributed by atoms with E-state index in [1.807, 2.05) is 0 Å². The highest BCUT2D eigenvalue weighted by molar-refractivity contribution is 7.89. The van der Waals surface area contributed by atoms with Crippen molar-refractivity contribution in [1.29, 1.82) is 0 Å². The molecule has 2 heterocycles. The Morgan fingerprint density at radius 3 is 2.94 bits per heavy atom. The predicted octanol–water partition coefficient (Wildman–Crippen LogP) is 0.992. The number of hydrogen-bond donors (Lipinski definition) is 1. The van der Waals surface area contributed by atoms with Crippen LogP contribution >= 0.6 is 0 Å². The maximum atomic E-state index is 11.3. The zero-order valence-electron chi connectivity index (χ0n) is 9.14. The summed E-state index contributed by atoms with van der Waals surface area (Å²) < 4.78 is 27.9. The van der Waals surface area contributed by atoms with Gasteiger partial charge in [-0.05, 0) is 18.4 Å². The second-order valence-electron chi connectivity index (χ2n) is 4.22. The standard InChI is InChI=1S/C11H12N2O3S/c12-17(14,15)10-6-8-9(16-10)3-1-2-7-4-5-13-11(7)8/h4,6H,1-3,5H2,(H2,12,14,15). The fourth-order valence-electron chi connectivity index (χ4n) is 2.29. The molecule has 2 N–H and O–H groups in total. The summed E-state index contributed by atoms with van der Waals surface area (Å²) in [4.78, 5) is 4.38. The SMILES string of the molecule is NS(=O)(=O)c1cc2c(o1)CCCC1=CCN=C12. The van der Waals surface area contributed by atoms with E-state index in [9.17, 15) is 8.42 Å². The van der Waals surface area contributed by atoms with Crippen molar-refractivity contribution in [3.05, 3.63) is 29.0 Å². The van der Waals surface area contributed by atoms with Gasteiger partial charge >= 0.3 is 0 Å². The van der Waals surface area contributed by atoms with E-state index in [0.29, 0.717) is 12.3 Å². The normalized spacial score (nSPS) is 19.1. The molecular weight excluding hydrogens is 240 g/mol. The third-order valence-corrected chi connectivity index (χ3v) is 3.83. The Kier molecular flexibility index (Phi) is 2.24. The molecular formula is C11H12N2O3S. The molecule has 2 aliphatic rings. The van der Waals surface area contributed by atoms with E-state index in [4.69, 9.17) is 9.56 Å². The number of fused-ring (bicyclic) bond motifs is 3. The van der Waals surface area contributed by atoms with Gasteiger partial charge in [-0.15, -0.1) is 0 Å². The summed E-state index contributed by atoms with van der Waals surface area (Å²) in [5.74, 6) is 0.679. The molecule has 1 aliphatic heterocycles. The Bertz CT molecular complexity index is 638. The summed E-state index contributed by atoms with van der Waals surface area (Å²) in [5, 5.41) is 4.90. The van der Waals surface area contributed by atoms with Gasteiger partial charge in [-0.2, -0.15) is 0 Å². The smallest absolute Gasteiger partial charge is 0.271 e. The number of rotatable bonds is 1. The minimum absolute atomic E-state index is 0.168. The number of allylic oxidation sites excluding steroid dienone is 1. The number of nitrogens with two attached hydrogens (primary N) is 1. The monoisotopic (exact) mass is 252 g/mol. The molecule has 5 nitrogen and oxygen atoms in total. The minimum Gasteiger partial charge on any atom is -0.448 e. The van der Waals surface area contributed by atoms with Crippen molar-refractivity contribution < 1.29 is 12.8 Å². The molecule has 0 fully saturated rings. The fraction of sp³-hybridized carbons (Fsp3) is 0.364. The van der Waals surface area contributed by atoms with Crippen molar-refractivity contribution in [2.45, 2.75) is 24.4 Å². The Hall–Kier alpha value is -1.40. The molecule has 0 saturated heterocycles. The molecule has 1 aromatic rings. The van der Waals surface area contributed by atoms with Gasteiger partial charge in [0.2, 0.25) is 5.09 Å². The molecule has 0 radical (unpaired) electrons. The van der Waals surface area contributed by atoms with E-state index in [2.05, 4.69) is 11.1 Å². The molecule has 90 valence electrons. The first-order chi connectivity index (χ1) is 8.05. The molecule has 0 unspecified atom stereocenters. The number of hydrogen-bond acceptors (Lipinski definition) is 4. The lowest BCUT2D eigenvalue weighted by Gasteiger charge is -1.99. The van der Waals surface area contributed by atoms with Gasteiger partial charge in [-0.1, -0.05) is 6.08 Å². The molecule has 6 heteroatoms. The number of furan rings is 1. The number of aliphatic imine (C=N–C) groups is 1. The molecule has 1 aromatic heterocycles. The Labute approximate surface area is 99.1 Å². The maximum Gasteiger partial charge on any atom is 0.271 e. The van der Waals surface area contributed by atoms with Crippen LogP contribution in [-0.4, -0.2) is 20.7 Å². The quantitative estimate of drug-likeness (QED) is 0.808. The van der Waals surface area contributed by atoms with Crippen molar-refractivity contribution >= 4 is 15.7 Å². The van der Waals surface area contributed by atoms with Crippen molar-refractivity contribution in [1.82, 2.24) is 0 Å². The molecule has 1 aliphatic carbocycles. The van der Waals surface area contributed by atoms with E-state index >= 15 is 0 Å². The summed E-state index contributed by atoms with van der Waals surface area (Å²) in [6.07, 6.45) is 4.71. The second-order valence-corrected chi connectivity index (χ2v) is 5.71. The van der Waals surface area contributed by atoms with Crippen LogP contribution in [0.4, 0.5) is 0 Å². The van der Waals surface area contributed by atoms with Crippen LogP contribution in [0.1, 0.15) is 24.2 Å². The van der Waals surface area contributed by atoms with Crippen molar-refractivity contribution in [2.75, 3.05) is 6.54 Å². The van der Waals surface area contributed by atoms with Gasteiger partial charge in [0.25, 0.3) is 10.0 Å². The zero-order chi connectivity index (χ0) is 12.0. The zero-order valence-corrected chi connectivity index (χ0v) is 9.96. The molecule has 17 heavy (non-hydrogen) atoms. The highest BCUT2D eigenvalue weighted by atomic mass is 32.2. The molecule has 0 amide bonds. The van der Waals surface area contributed by atoms with Crippen LogP contribution < -0.4 is 5.14 Å². The lowest BCUT2D eigenvalue weighted by atomic mass is 10.0. The topological polar surface area (TPSA) is 85.7 Å². The molecule has 0 atom stereocenters. The van der Waals surface area contributed by atoms with Crippen LogP contribution in [0.15, 0.2) is 32.2 Å². The molecule has 0 spiro atoms. The third-order valence-electron chi connectivity index (χ3n) is 3.06. The van der Waals surface area contributed by atoms with Crippen LogP contribution in [0.3, 0.4) is 0 Å². The average Bonchev–Trinajstić information content (AvgIpc) is 2.81. The Morgan fingerprint density at radius 1 is 1.35 bits per heavy atom. The van der Waals surface area contributed by atoms with E-state index in [0.717, 1.165) is 30.5 Å². The number of nitrogens with zero attached hydrogens (tertiary/aromatic N) is 1. The number of primary sulfonamides is 1. The third kappa shape index (κ3) is 1.73. The van der Waals surface area contributed by atoms with Crippen LogP contribution in [0.2, 0.25) is 0 Å². The molecule has 0 saturated carbocycles. The summed E-state index contributed by atoms with van der Waals surface area (Å²) in [6.45, 7) is 0.667. The number of aryl methyl sites for hydroxylation is 1. The fourth-order valence-corrected chi connectivity index (χ4v) is 2.79. The molecule has 3 rings (SSSR count). The summed E-state index contributed by atoms with van der Waals surface area (Å²) in [7, 11) is -3.78. The number of sulfonamides is 1. The van der Waals surface area contributed by atoms with Crippen LogP contribution in [-0.2, 0) is 16.4 Å². The average molecular weight is 252 g/mol. The largest absolute Gasteiger partial charge is 0.448 e. The molecule has 0 aromatic carbocycles. The van der Waals surface area contributed by atoms with Crippen molar-refractivity contribution in [2.24, 2.45) is 10.1 Å². The Balaban J connectivity index is 2.17. The van der Waals surface area contributed by atoms with Crippen LogP contribution in [0.25, 0.3) is 0 Å². The van der Waals surface area contributed by atoms with E-state index < -0.39 is 10.0 Å². The Morgan fingerprint density at radius 2 is 2.18 bits per heavy atom. The van der Waals surface area contributed by atoms with E-state index in [-0.39, 0.29) is 5.09 Å². The predicted molar refractivity (Wildman–Crippen MR) is 62.5 cm³/mol. The lowest BCUT2D eigenvalue weighted by molar-refractivity contribution is 0.412. The van der Waals surface area contributed by atoms with Gasteiger partial charge in [0.15, 0.2) is 0 Å². The van der Waals surface area contributed by atoms with Crippen molar-refractivity contribution in [3.63, 3.8) is 0 Å².